The fourth-order valence-corrected chi connectivity index (χ4v) is 2.63. The van der Waals surface area contributed by atoms with Gasteiger partial charge in [-0.05, 0) is 30.3 Å². The molecule has 0 aliphatic rings. The lowest BCUT2D eigenvalue weighted by atomic mass is 10.2. The van der Waals surface area contributed by atoms with E-state index in [0.717, 1.165) is 5.69 Å². The van der Waals surface area contributed by atoms with Crippen molar-refractivity contribution >= 4 is 27.5 Å². The van der Waals surface area contributed by atoms with Crippen LogP contribution in [0.5, 0.6) is 0 Å². The van der Waals surface area contributed by atoms with Gasteiger partial charge in [-0.3, -0.25) is 4.57 Å². The van der Waals surface area contributed by atoms with Crippen LogP contribution in [0, 0.1) is 5.82 Å². The zero-order valence-corrected chi connectivity index (χ0v) is 13.1. The smallest absolute Gasteiger partial charge is 0.171 e. The Kier molecular flexibility index (Phi) is 4.03. The maximum atomic E-state index is 14.1. The molecule has 0 radical (unpaired) electrons. The van der Waals surface area contributed by atoms with Crippen LogP contribution in [0.15, 0.2) is 48.5 Å². The Bertz CT molecular complexity index is 774. The summed E-state index contributed by atoms with van der Waals surface area (Å²) in [6.45, 7) is 0. The third-order valence-electron chi connectivity index (χ3n) is 3.03. The molecule has 0 aliphatic heterocycles. The number of hydrogen-bond acceptors (Lipinski definition) is 2. The number of rotatable bonds is 3. The lowest BCUT2D eigenvalue weighted by Crippen LogP contribution is -2.02. The van der Waals surface area contributed by atoms with Crippen molar-refractivity contribution in [3.8, 4) is 17.1 Å². The highest BCUT2D eigenvalue weighted by Crippen LogP contribution is 2.28. The van der Waals surface area contributed by atoms with E-state index in [0.29, 0.717) is 27.6 Å². The van der Waals surface area contributed by atoms with Crippen LogP contribution in [0.4, 0.5) is 4.39 Å². The standard InChI is InChI=1S/C15H10BrClFN3/c16-9-14-19-20-15(12-8-10(17)6-7-13(12)18)21(14)11-4-2-1-3-5-11/h1-8H,9H2. The zero-order valence-electron chi connectivity index (χ0n) is 10.8. The van der Waals surface area contributed by atoms with Crippen molar-refractivity contribution in [2.45, 2.75) is 5.33 Å². The van der Waals surface area contributed by atoms with Gasteiger partial charge in [-0.2, -0.15) is 0 Å². The molecule has 0 unspecified atom stereocenters. The molecule has 6 heteroatoms. The second kappa shape index (κ2) is 5.95. The first-order chi connectivity index (χ1) is 10.2. The number of alkyl halides is 1. The van der Waals surface area contributed by atoms with Gasteiger partial charge >= 0.3 is 0 Å². The predicted molar refractivity (Wildman–Crippen MR) is 84.4 cm³/mol. The molecule has 106 valence electrons. The summed E-state index contributed by atoms with van der Waals surface area (Å²) in [4.78, 5) is 0. The molecule has 0 saturated heterocycles. The molecule has 2 aromatic carbocycles. The molecule has 3 nitrogen and oxygen atoms in total. The third kappa shape index (κ3) is 2.71. The van der Waals surface area contributed by atoms with Crippen molar-refractivity contribution in [3.05, 3.63) is 65.2 Å². The van der Waals surface area contributed by atoms with Crippen molar-refractivity contribution < 1.29 is 4.39 Å². The molecular weight excluding hydrogens is 357 g/mol. The summed E-state index contributed by atoms with van der Waals surface area (Å²) < 4.78 is 15.9. The number of halogens is 3. The van der Waals surface area contributed by atoms with E-state index in [1.807, 2.05) is 34.9 Å². The summed E-state index contributed by atoms with van der Waals surface area (Å²) in [5, 5.41) is 9.20. The molecule has 0 saturated carbocycles. The third-order valence-corrected chi connectivity index (χ3v) is 3.77. The van der Waals surface area contributed by atoms with Gasteiger partial charge in [0, 0.05) is 10.7 Å². The minimum absolute atomic E-state index is 0.325. The molecule has 0 aliphatic carbocycles. The highest BCUT2D eigenvalue weighted by atomic mass is 79.9. The topological polar surface area (TPSA) is 30.7 Å². The van der Waals surface area contributed by atoms with Crippen LogP contribution in [-0.2, 0) is 5.33 Å². The van der Waals surface area contributed by atoms with Gasteiger partial charge in [0.25, 0.3) is 0 Å². The van der Waals surface area contributed by atoms with Crippen molar-refractivity contribution in [1.82, 2.24) is 14.8 Å². The first kappa shape index (κ1) is 14.2. The van der Waals surface area contributed by atoms with Crippen molar-refractivity contribution in [2.75, 3.05) is 0 Å². The van der Waals surface area contributed by atoms with Gasteiger partial charge in [0.1, 0.15) is 11.6 Å². The molecule has 0 fully saturated rings. The monoisotopic (exact) mass is 365 g/mol. The Hall–Kier alpha value is -1.72. The second-order valence-corrected chi connectivity index (χ2v) is 5.37. The lowest BCUT2D eigenvalue weighted by Gasteiger charge is -2.10. The van der Waals surface area contributed by atoms with Crippen LogP contribution >= 0.6 is 27.5 Å². The molecule has 1 heterocycles. The van der Waals surface area contributed by atoms with E-state index in [2.05, 4.69) is 26.1 Å². The van der Waals surface area contributed by atoms with Gasteiger partial charge in [0.15, 0.2) is 5.82 Å². The first-order valence-electron chi connectivity index (χ1n) is 6.22. The number of aromatic nitrogens is 3. The minimum atomic E-state index is -0.384. The highest BCUT2D eigenvalue weighted by molar-refractivity contribution is 9.08. The molecule has 3 aromatic rings. The Morgan fingerprint density at radius 1 is 1.10 bits per heavy atom. The average Bonchev–Trinajstić information content (AvgIpc) is 2.94. The van der Waals surface area contributed by atoms with Crippen molar-refractivity contribution in [1.29, 1.82) is 0 Å². The van der Waals surface area contributed by atoms with Crippen molar-refractivity contribution in [2.24, 2.45) is 0 Å². The summed E-state index contributed by atoms with van der Waals surface area (Å²) in [5.74, 6) is 0.733. The van der Waals surface area contributed by atoms with Crippen LogP contribution in [0.3, 0.4) is 0 Å². The average molecular weight is 367 g/mol. The molecule has 0 spiro atoms. The van der Waals surface area contributed by atoms with Gasteiger partial charge in [-0.15, -0.1) is 10.2 Å². The van der Waals surface area contributed by atoms with E-state index in [4.69, 9.17) is 11.6 Å². The van der Waals surface area contributed by atoms with Gasteiger partial charge in [-0.1, -0.05) is 45.7 Å². The van der Waals surface area contributed by atoms with E-state index in [1.165, 1.54) is 12.1 Å². The molecule has 21 heavy (non-hydrogen) atoms. The van der Waals surface area contributed by atoms with E-state index < -0.39 is 0 Å². The number of para-hydroxylation sites is 1. The van der Waals surface area contributed by atoms with Gasteiger partial charge < -0.3 is 0 Å². The maximum Gasteiger partial charge on any atom is 0.171 e. The number of benzene rings is 2. The second-order valence-electron chi connectivity index (χ2n) is 4.37. The normalized spacial score (nSPS) is 10.8. The van der Waals surface area contributed by atoms with Crippen LogP contribution in [0.2, 0.25) is 5.02 Å². The molecular formula is C15H10BrClFN3. The Morgan fingerprint density at radius 3 is 2.57 bits per heavy atom. The molecule has 0 N–H and O–H groups in total. The van der Waals surface area contributed by atoms with E-state index in [9.17, 15) is 4.39 Å². The van der Waals surface area contributed by atoms with E-state index in [1.54, 1.807) is 6.07 Å². The van der Waals surface area contributed by atoms with Gasteiger partial charge in [0.05, 0.1) is 10.9 Å². The summed E-state index contributed by atoms with van der Waals surface area (Å²) in [6, 6.07) is 14.0. The van der Waals surface area contributed by atoms with Crippen molar-refractivity contribution in [3.63, 3.8) is 0 Å². The SMILES string of the molecule is Fc1ccc(Cl)cc1-c1nnc(CBr)n1-c1ccccc1. The zero-order chi connectivity index (χ0) is 14.8. The van der Waals surface area contributed by atoms with Crippen LogP contribution in [0.25, 0.3) is 17.1 Å². The van der Waals surface area contributed by atoms with E-state index in [-0.39, 0.29) is 5.82 Å². The Balaban J connectivity index is 2.25. The van der Waals surface area contributed by atoms with Gasteiger partial charge in [-0.25, -0.2) is 4.39 Å². The van der Waals surface area contributed by atoms with E-state index >= 15 is 0 Å². The number of nitrogens with zero attached hydrogens (tertiary/aromatic N) is 3. The summed E-state index contributed by atoms with van der Waals surface area (Å²) >= 11 is 9.35. The van der Waals surface area contributed by atoms with Crippen LogP contribution in [-0.4, -0.2) is 14.8 Å². The fraction of sp³-hybridized carbons (Fsp3) is 0.0667. The molecule has 0 atom stereocenters. The molecule has 3 rings (SSSR count). The van der Waals surface area contributed by atoms with Crippen LogP contribution in [0.1, 0.15) is 5.82 Å². The van der Waals surface area contributed by atoms with Crippen LogP contribution < -0.4 is 0 Å². The van der Waals surface area contributed by atoms with Gasteiger partial charge in [0.2, 0.25) is 0 Å². The lowest BCUT2D eigenvalue weighted by molar-refractivity contribution is 0.629. The highest BCUT2D eigenvalue weighted by Gasteiger charge is 2.17. The summed E-state index contributed by atoms with van der Waals surface area (Å²) in [6.07, 6.45) is 0. The first-order valence-corrected chi connectivity index (χ1v) is 7.71. The largest absolute Gasteiger partial charge is 0.278 e. The predicted octanol–water partition coefficient (Wildman–Crippen LogP) is 4.62. The summed E-state index contributed by atoms with van der Waals surface area (Å²) in [5.41, 5.74) is 1.19. The number of hydrogen-bond donors (Lipinski definition) is 0. The molecule has 0 amide bonds. The maximum absolute atomic E-state index is 14.1. The quantitative estimate of drug-likeness (QED) is 0.633. The Morgan fingerprint density at radius 2 is 1.86 bits per heavy atom. The minimum Gasteiger partial charge on any atom is -0.278 e. The Labute approximate surface area is 134 Å². The molecule has 0 bridgehead atoms. The molecule has 1 aromatic heterocycles. The fourth-order valence-electron chi connectivity index (χ4n) is 2.09. The summed E-state index contributed by atoms with van der Waals surface area (Å²) in [7, 11) is 0.